The van der Waals surface area contributed by atoms with Crippen LogP contribution < -0.4 is 9.80 Å². The predicted octanol–water partition coefficient (Wildman–Crippen LogP) is 4.81. The number of amides is 1. The van der Waals surface area contributed by atoms with E-state index in [-0.39, 0.29) is 12.3 Å². The Kier molecular flexibility index (Phi) is 5.70. The van der Waals surface area contributed by atoms with Gasteiger partial charge in [-0.25, -0.2) is 4.79 Å². The van der Waals surface area contributed by atoms with Crippen LogP contribution in [0.3, 0.4) is 0 Å². The second-order valence-electron chi connectivity index (χ2n) is 5.51. The summed E-state index contributed by atoms with van der Waals surface area (Å²) in [4.78, 5) is 11.6. The van der Waals surface area contributed by atoms with Crippen molar-refractivity contribution in [3.63, 3.8) is 0 Å². The molecule has 0 aliphatic carbocycles. The summed E-state index contributed by atoms with van der Waals surface area (Å²) in [6, 6.07) is 8.87. The van der Waals surface area contributed by atoms with Gasteiger partial charge in [0, 0.05) is 10.6 Å². The Balaban J connectivity index is 2.30. The molecule has 2 rings (SSSR count). The minimum atomic E-state index is -0.902. The molecular formula is C18H20ClNO4. The average molecular weight is 350 g/mol. The molecule has 0 saturated heterocycles. The molecule has 0 spiro atoms. The minimum absolute atomic E-state index is 0.104. The van der Waals surface area contributed by atoms with Crippen LogP contribution in [0.4, 0.5) is 10.5 Å². The normalized spacial score (nSPS) is 10.4. The molecule has 2 aromatic carbocycles. The summed E-state index contributed by atoms with van der Waals surface area (Å²) in [5.74, 6) is 0.728. The molecule has 0 heterocycles. The fraction of sp³-hybridized carbons (Fsp3) is 0.278. The van der Waals surface area contributed by atoms with Gasteiger partial charge in [0.05, 0.1) is 12.8 Å². The van der Waals surface area contributed by atoms with E-state index in [1.165, 1.54) is 12.7 Å². The number of carbonyl (C=O) groups excluding carboxylic acids is 1. The fourth-order valence-corrected chi connectivity index (χ4v) is 2.54. The quantitative estimate of drug-likeness (QED) is 0.636. The van der Waals surface area contributed by atoms with E-state index in [1.807, 2.05) is 32.9 Å². The molecule has 0 unspecified atom stereocenters. The second-order valence-corrected chi connectivity index (χ2v) is 5.92. The van der Waals surface area contributed by atoms with Gasteiger partial charge in [0.15, 0.2) is 0 Å². The van der Waals surface area contributed by atoms with Crippen LogP contribution in [0.2, 0.25) is 5.02 Å². The van der Waals surface area contributed by atoms with Crippen molar-refractivity contribution >= 4 is 23.4 Å². The summed E-state index contributed by atoms with van der Waals surface area (Å²) in [5.41, 5.74) is 4.01. The van der Waals surface area contributed by atoms with Gasteiger partial charge in [-0.1, -0.05) is 23.7 Å². The number of carbonyl (C=O) groups is 1. The van der Waals surface area contributed by atoms with Crippen LogP contribution >= 0.6 is 11.6 Å². The smallest absolute Gasteiger partial charge is 0.438 e. The summed E-state index contributed by atoms with van der Waals surface area (Å²) >= 11 is 6.21. The fourth-order valence-electron chi connectivity index (χ4n) is 2.31. The summed E-state index contributed by atoms with van der Waals surface area (Å²) in [5, 5.41) is 10.8. The lowest BCUT2D eigenvalue weighted by atomic mass is 10.1. The number of methoxy groups -OCH3 is 1. The molecule has 1 amide bonds. The number of hydrogen-bond donors (Lipinski definition) is 1. The van der Waals surface area contributed by atoms with Gasteiger partial charge in [-0.15, -0.1) is 0 Å². The highest BCUT2D eigenvalue weighted by molar-refractivity contribution is 6.31. The maximum absolute atomic E-state index is 11.6. The monoisotopic (exact) mass is 349 g/mol. The number of benzene rings is 2. The van der Waals surface area contributed by atoms with E-state index in [1.54, 1.807) is 18.2 Å². The lowest BCUT2D eigenvalue weighted by Crippen LogP contribution is -2.28. The van der Waals surface area contributed by atoms with Gasteiger partial charge in [0.2, 0.25) is 0 Å². The van der Waals surface area contributed by atoms with Crippen molar-refractivity contribution in [3.05, 3.63) is 57.6 Å². The molecule has 1 N–H and O–H groups in total. The van der Waals surface area contributed by atoms with E-state index in [2.05, 4.69) is 4.74 Å². The highest BCUT2D eigenvalue weighted by Gasteiger charge is 2.19. The number of hydroxylamine groups is 1. The molecule has 0 saturated carbocycles. The van der Waals surface area contributed by atoms with Crippen molar-refractivity contribution in [2.45, 2.75) is 27.4 Å². The Bertz CT molecular complexity index is 761. The number of anilines is 1. The minimum Gasteiger partial charge on any atom is -0.488 e. The third-order valence-corrected chi connectivity index (χ3v) is 4.19. The van der Waals surface area contributed by atoms with Crippen LogP contribution in [-0.2, 0) is 11.3 Å². The van der Waals surface area contributed by atoms with Crippen LogP contribution in [0.15, 0.2) is 30.3 Å². The van der Waals surface area contributed by atoms with Crippen LogP contribution in [0, 0.1) is 20.8 Å². The van der Waals surface area contributed by atoms with Gasteiger partial charge in [-0.05, 0) is 55.7 Å². The van der Waals surface area contributed by atoms with E-state index in [0.29, 0.717) is 15.6 Å². The third-order valence-electron chi connectivity index (χ3n) is 3.83. The van der Waals surface area contributed by atoms with Crippen molar-refractivity contribution in [1.29, 1.82) is 0 Å². The Labute approximate surface area is 146 Å². The summed E-state index contributed by atoms with van der Waals surface area (Å²) in [6.07, 6.45) is -0.902. The van der Waals surface area contributed by atoms with E-state index >= 15 is 0 Å². The molecule has 2 aromatic rings. The third kappa shape index (κ3) is 3.80. The molecule has 128 valence electrons. The highest BCUT2D eigenvalue weighted by atomic mass is 35.5. The van der Waals surface area contributed by atoms with Gasteiger partial charge < -0.3 is 9.47 Å². The maximum Gasteiger partial charge on any atom is 0.438 e. The lowest BCUT2D eigenvalue weighted by Gasteiger charge is -2.19. The van der Waals surface area contributed by atoms with E-state index < -0.39 is 6.09 Å². The van der Waals surface area contributed by atoms with Crippen molar-refractivity contribution in [3.8, 4) is 5.75 Å². The molecule has 0 atom stereocenters. The average Bonchev–Trinajstić information content (AvgIpc) is 2.56. The number of halogens is 1. The lowest BCUT2D eigenvalue weighted by molar-refractivity contribution is 0.140. The van der Waals surface area contributed by atoms with Crippen molar-refractivity contribution in [1.82, 2.24) is 0 Å². The second kappa shape index (κ2) is 7.55. The van der Waals surface area contributed by atoms with E-state index in [0.717, 1.165) is 16.9 Å². The topological polar surface area (TPSA) is 59.0 Å². The van der Waals surface area contributed by atoms with Crippen molar-refractivity contribution in [2.75, 3.05) is 12.2 Å². The number of nitrogens with zero attached hydrogens (tertiary/aromatic N) is 1. The van der Waals surface area contributed by atoms with E-state index in [4.69, 9.17) is 16.3 Å². The molecular weight excluding hydrogens is 330 g/mol. The number of rotatable bonds is 4. The molecule has 6 heteroatoms. The highest BCUT2D eigenvalue weighted by Crippen LogP contribution is 2.30. The van der Waals surface area contributed by atoms with Crippen LogP contribution in [0.1, 0.15) is 22.3 Å². The van der Waals surface area contributed by atoms with Crippen LogP contribution in [0.5, 0.6) is 5.75 Å². The van der Waals surface area contributed by atoms with Gasteiger partial charge in [0.25, 0.3) is 0 Å². The molecule has 0 aliphatic heterocycles. The van der Waals surface area contributed by atoms with Gasteiger partial charge >= 0.3 is 6.09 Å². The van der Waals surface area contributed by atoms with Gasteiger partial charge in [0.1, 0.15) is 12.4 Å². The number of ether oxygens (including phenoxy) is 2. The Hall–Kier alpha value is -2.24. The molecule has 0 bridgehead atoms. The molecule has 0 aromatic heterocycles. The number of aryl methyl sites for hydroxylation is 3. The van der Waals surface area contributed by atoms with Crippen molar-refractivity contribution in [2.24, 2.45) is 0 Å². The maximum atomic E-state index is 11.6. The summed E-state index contributed by atoms with van der Waals surface area (Å²) in [6.45, 7) is 6.11. The van der Waals surface area contributed by atoms with Crippen LogP contribution in [-0.4, -0.2) is 18.4 Å². The zero-order valence-electron chi connectivity index (χ0n) is 14.1. The van der Waals surface area contributed by atoms with Gasteiger partial charge in [-0.2, -0.15) is 5.06 Å². The molecule has 0 radical (unpaired) electrons. The van der Waals surface area contributed by atoms with E-state index in [9.17, 15) is 10.0 Å². The zero-order valence-corrected chi connectivity index (χ0v) is 14.8. The first-order valence-electron chi connectivity index (χ1n) is 7.40. The Morgan fingerprint density at radius 2 is 1.83 bits per heavy atom. The van der Waals surface area contributed by atoms with Crippen molar-refractivity contribution < 1.29 is 19.5 Å². The SMILES string of the molecule is COC(=O)N(O)c1cccc(Cl)c1COc1cc(C)c(C)cc1C. The zero-order chi connectivity index (χ0) is 17.9. The first-order chi connectivity index (χ1) is 11.3. The Morgan fingerprint density at radius 1 is 1.17 bits per heavy atom. The van der Waals surface area contributed by atoms with Gasteiger partial charge in [-0.3, -0.25) is 5.21 Å². The predicted molar refractivity (Wildman–Crippen MR) is 93.1 cm³/mol. The molecule has 0 fully saturated rings. The number of hydrogen-bond acceptors (Lipinski definition) is 4. The first kappa shape index (κ1) is 18.1. The summed E-state index contributed by atoms with van der Waals surface area (Å²) < 4.78 is 10.4. The standard InChI is InChI=1S/C18H20ClNO4/c1-11-8-13(3)17(9-12(11)2)24-10-14-15(19)6-5-7-16(14)20(22)18(21)23-4/h5-9,22H,10H2,1-4H3. The van der Waals surface area contributed by atoms with Crippen LogP contribution in [0.25, 0.3) is 0 Å². The first-order valence-corrected chi connectivity index (χ1v) is 7.78. The molecule has 5 nitrogen and oxygen atoms in total. The molecule has 0 aliphatic rings. The Morgan fingerprint density at radius 3 is 2.50 bits per heavy atom. The summed E-state index contributed by atoms with van der Waals surface area (Å²) in [7, 11) is 1.19. The molecule has 24 heavy (non-hydrogen) atoms. The largest absolute Gasteiger partial charge is 0.488 e.